The number of phosphoric acid groups is 1. The summed E-state index contributed by atoms with van der Waals surface area (Å²) in [6.07, 6.45) is 51.7. The molecule has 0 heterocycles. The van der Waals surface area contributed by atoms with Gasteiger partial charge < -0.3 is 24.2 Å². The largest absolute Gasteiger partial charge is 0.472 e. The van der Waals surface area contributed by atoms with Gasteiger partial charge in [0, 0.05) is 19.3 Å². The highest BCUT2D eigenvalue weighted by atomic mass is 31.2. The van der Waals surface area contributed by atoms with Gasteiger partial charge in [0.15, 0.2) is 6.10 Å². The number of aliphatic hydroxyl groups is 1. The number of rotatable bonds is 56. The van der Waals surface area contributed by atoms with E-state index in [-0.39, 0.29) is 25.9 Å². The normalized spacial score (nSPS) is 13.4. The van der Waals surface area contributed by atoms with E-state index in [1.807, 2.05) is 0 Å². The summed E-state index contributed by atoms with van der Waals surface area (Å²) in [6.45, 7) is 4.69. The Balaban J connectivity index is 4.63. The fourth-order valence-electron chi connectivity index (χ4n) is 8.65. The van der Waals surface area contributed by atoms with Gasteiger partial charge in [0.05, 0.1) is 19.8 Å². The van der Waals surface area contributed by atoms with Crippen molar-refractivity contribution in [2.24, 2.45) is 0 Å². The maximum atomic E-state index is 12.9. The maximum absolute atomic E-state index is 12.9. The second-order valence-electron chi connectivity index (χ2n) is 20.2. The number of carbonyl (C=O) groups excluding carboxylic acids is 3. The zero-order valence-corrected chi connectivity index (χ0v) is 46.7. The van der Waals surface area contributed by atoms with Crippen LogP contribution in [0, 0.1) is 0 Å². The molecule has 414 valence electrons. The third-order valence-corrected chi connectivity index (χ3v) is 14.1. The number of phosphoric ester groups is 1. The Kier molecular flexibility index (Phi) is 52.1. The molecule has 0 amide bonds. The number of aliphatic hydroxyl groups excluding tert-OH is 1. The quantitative estimate of drug-likeness (QED) is 0.0197. The summed E-state index contributed by atoms with van der Waals surface area (Å²) in [7, 11) is -4.73. The van der Waals surface area contributed by atoms with Crippen molar-refractivity contribution in [1.82, 2.24) is 0 Å². The van der Waals surface area contributed by atoms with Crippen LogP contribution in [0.15, 0.2) is 12.2 Å². The molecule has 2 N–H and O–H groups in total. The van der Waals surface area contributed by atoms with Gasteiger partial charge in [-0.3, -0.25) is 23.4 Å². The lowest BCUT2D eigenvalue weighted by Gasteiger charge is -2.21. The molecule has 0 spiro atoms. The Morgan fingerprint density at radius 1 is 0.386 bits per heavy atom. The smallest absolute Gasteiger partial charge is 0.462 e. The Hall–Kier alpha value is -1.78. The second-order valence-corrected chi connectivity index (χ2v) is 21.6. The zero-order valence-electron chi connectivity index (χ0n) is 45.8. The van der Waals surface area contributed by atoms with E-state index in [9.17, 15) is 28.9 Å². The van der Waals surface area contributed by atoms with Gasteiger partial charge in [0.2, 0.25) is 0 Å². The molecule has 0 saturated heterocycles. The van der Waals surface area contributed by atoms with Crippen molar-refractivity contribution >= 4 is 25.7 Å². The number of carbonyl (C=O) groups is 3. The Morgan fingerprint density at radius 3 is 0.986 bits per heavy atom. The predicted molar refractivity (Wildman–Crippen MR) is 289 cm³/mol. The fourth-order valence-corrected chi connectivity index (χ4v) is 9.43. The highest BCUT2D eigenvalue weighted by Gasteiger charge is 2.28. The summed E-state index contributed by atoms with van der Waals surface area (Å²) in [5.41, 5.74) is 0. The first-order valence-electron chi connectivity index (χ1n) is 29.6. The number of hydrogen-bond acceptors (Lipinski definition) is 10. The summed E-state index contributed by atoms with van der Waals surface area (Å²) < 4.78 is 39.5. The minimum atomic E-state index is -4.73. The highest BCUT2D eigenvalue weighted by Crippen LogP contribution is 2.43. The summed E-state index contributed by atoms with van der Waals surface area (Å²) in [5, 5.41) is 9.80. The Labute approximate surface area is 430 Å². The Morgan fingerprint density at radius 2 is 0.657 bits per heavy atom. The first-order chi connectivity index (χ1) is 34.2. The van der Waals surface area contributed by atoms with Crippen LogP contribution in [0.1, 0.15) is 303 Å². The van der Waals surface area contributed by atoms with Crippen LogP contribution in [0.2, 0.25) is 0 Å². The Bertz CT molecular complexity index is 1230. The van der Waals surface area contributed by atoms with Crippen molar-refractivity contribution in [3.05, 3.63) is 12.2 Å². The summed E-state index contributed by atoms with van der Waals surface area (Å²) >= 11 is 0. The highest BCUT2D eigenvalue weighted by molar-refractivity contribution is 7.47. The predicted octanol–water partition coefficient (Wildman–Crippen LogP) is 17.3. The van der Waals surface area contributed by atoms with Crippen LogP contribution >= 0.6 is 7.82 Å². The standard InChI is InChI=1S/C58H111O11P/c1-4-7-10-13-16-19-22-24-25-26-27-28-29-31-34-37-40-43-46-49-58(62)69-55(51-65-56(60)47-44-41-38-35-32-21-18-15-12-9-6-3)53-67-70(63,64)66-52-54(50-59)68-57(61)48-45-42-39-36-33-30-23-20-17-14-11-8-5-2/h24-25,54-55,59H,4-23,26-53H2,1-3H3,(H,63,64)/b25-24-. The average molecular weight is 1020 g/mol. The molecular formula is C58H111O11P. The lowest BCUT2D eigenvalue weighted by Crippen LogP contribution is -2.30. The van der Waals surface area contributed by atoms with Gasteiger partial charge in [-0.2, -0.15) is 0 Å². The van der Waals surface area contributed by atoms with Crippen molar-refractivity contribution in [3.8, 4) is 0 Å². The molecule has 12 heteroatoms. The SMILES string of the molecule is CCCCCCCC/C=C\CCCCCCCCCCCC(=O)OC(COC(=O)CCCCCCCCCCCCC)COP(=O)(O)OCC(CO)OC(=O)CCCCCCCCCCCCCCC. The van der Waals surface area contributed by atoms with Crippen molar-refractivity contribution in [2.45, 2.75) is 315 Å². The van der Waals surface area contributed by atoms with E-state index >= 15 is 0 Å². The van der Waals surface area contributed by atoms with E-state index < -0.39 is 57.8 Å². The number of hydrogen-bond donors (Lipinski definition) is 2. The van der Waals surface area contributed by atoms with E-state index in [0.29, 0.717) is 19.3 Å². The van der Waals surface area contributed by atoms with Crippen LogP contribution in [0.25, 0.3) is 0 Å². The first-order valence-corrected chi connectivity index (χ1v) is 31.1. The summed E-state index contributed by atoms with van der Waals surface area (Å²) in [5.74, 6) is -1.44. The molecule has 3 atom stereocenters. The van der Waals surface area contributed by atoms with E-state index in [1.54, 1.807) is 0 Å². The van der Waals surface area contributed by atoms with E-state index in [2.05, 4.69) is 32.9 Å². The molecule has 0 aliphatic carbocycles. The van der Waals surface area contributed by atoms with E-state index in [4.69, 9.17) is 23.3 Å². The molecule has 0 aliphatic heterocycles. The molecule has 0 aromatic rings. The minimum absolute atomic E-state index is 0.172. The number of esters is 3. The van der Waals surface area contributed by atoms with Gasteiger partial charge in [-0.1, -0.05) is 251 Å². The molecule has 0 aromatic heterocycles. The molecule has 11 nitrogen and oxygen atoms in total. The van der Waals surface area contributed by atoms with Crippen molar-refractivity contribution in [1.29, 1.82) is 0 Å². The minimum Gasteiger partial charge on any atom is -0.462 e. The fraction of sp³-hybridized carbons (Fsp3) is 0.914. The van der Waals surface area contributed by atoms with Gasteiger partial charge >= 0.3 is 25.7 Å². The van der Waals surface area contributed by atoms with Crippen LogP contribution < -0.4 is 0 Å². The van der Waals surface area contributed by atoms with Crippen molar-refractivity contribution in [3.63, 3.8) is 0 Å². The third-order valence-electron chi connectivity index (χ3n) is 13.2. The molecule has 0 saturated carbocycles. The summed E-state index contributed by atoms with van der Waals surface area (Å²) in [4.78, 5) is 48.5. The number of allylic oxidation sites excluding steroid dienone is 2. The molecular weight excluding hydrogens is 904 g/mol. The molecule has 0 bridgehead atoms. The molecule has 0 aromatic carbocycles. The lowest BCUT2D eigenvalue weighted by atomic mass is 10.0. The van der Waals surface area contributed by atoms with Crippen LogP contribution in [-0.4, -0.2) is 66.5 Å². The van der Waals surface area contributed by atoms with Gasteiger partial charge in [-0.05, 0) is 44.9 Å². The molecule has 3 unspecified atom stereocenters. The lowest BCUT2D eigenvalue weighted by molar-refractivity contribution is -0.161. The molecule has 0 fully saturated rings. The van der Waals surface area contributed by atoms with Crippen molar-refractivity contribution < 1.29 is 52.2 Å². The topological polar surface area (TPSA) is 155 Å². The van der Waals surface area contributed by atoms with Crippen LogP contribution in [0.5, 0.6) is 0 Å². The number of ether oxygens (including phenoxy) is 3. The van der Waals surface area contributed by atoms with Crippen LogP contribution in [0.3, 0.4) is 0 Å². The zero-order chi connectivity index (χ0) is 51.3. The van der Waals surface area contributed by atoms with Gasteiger partial charge in [-0.15, -0.1) is 0 Å². The van der Waals surface area contributed by atoms with E-state index in [0.717, 1.165) is 57.8 Å². The molecule has 0 radical (unpaired) electrons. The third kappa shape index (κ3) is 51.1. The van der Waals surface area contributed by atoms with Gasteiger partial charge in [0.1, 0.15) is 12.7 Å². The number of unbranched alkanes of at least 4 members (excludes halogenated alkanes) is 37. The van der Waals surface area contributed by atoms with Crippen LogP contribution in [-0.2, 0) is 42.2 Å². The van der Waals surface area contributed by atoms with Gasteiger partial charge in [0.25, 0.3) is 0 Å². The van der Waals surface area contributed by atoms with Gasteiger partial charge in [-0.25, -0.2) is 4.57 Å². The van der Waals surface area contributed by atoms with E-state index in [1.165, 1.54) is 186 Å². The average Bonchev–Trinajstić information content (AvgIpc) is 3.35. The molecule has 70 heavy (non-hydrogen) atoms. The molecule has 0 aliphatic rings. The van der Waals surface area contributed by atoms with Crippen LogP contribution in [0.4, 0.5) is 0 Å². The maximum Gasteiger partial charge on any atom is 0.472 e. The first kappa shape index (κ1) is 68.2. The summed E-state index contributed by atoms with van der Waals surface area (Å²) in [6, 6.07) is 0. The molecule has 0 rings (SSSR count). The van der Waals surface area contributed by atoms with Crippen molar-refractivity contribution in [2.75, 3.05) is 26.4 Å². The second kappa shape index (κ2) is 53.5. The monoisotopic (exact) mass is 1010 g/mol.